The van der Waals surface area contributed by atoms with Crippen molar-refractivity contribution in [3.63, 3.8) is 0 Å². The van der Waals surface area contributed by atoms with Crippen molar-refractivity contribution < 1.29 is 14.3 Å². The van der Waals surface area contributed by atoms with E-state index in [0.29, 0.717) is 17.9 Å². The zero-order valence-electron chi connectivity index (χ0n) is 22.6. The second-order valence-electron chi connectivity index (χ2n) is 10.7. The van der Waals surface area contributed by atoms with Crippen LogP contribution in [0.3, 0.4) is 0 Å². The fourth-order valence-corrected chi connectivity index (χ4v) is 5.11. The molecule has 1 fully saturated rings. The highest BCUT2D eigenvalue weighted by Crippen LogP contribution is 2.33. The number of rotatable bonds is 15. The predicted octanol–water partition coefficient (Wildman–Crippen LogP) is 9.21. The molecule has 0 unspecified atom stereocenters. The van der Waals surface area contributed by atoms with E-state index in [9.17, 15) is 4.79 Å². The molecule has 3 heteroatoms. The van der Waals surface area contributed by atoms with Gasteiger partial charge in [-0.25, -0.2) is 4.79 Å². The minimum atomic E-state index is -0.337. The first kappa shape index (κ1) is 28.0. The van der Waals surface area contributed by atoms with Crippen LogP contribution in [0.15, 0.2) is 61.2 Å². The summed E-state index contributed by atoms with van der Waals surface area (Å²) >= 11 is 0. The third-order valence-corrected chi connectivity index (χ3v) is 7.84. The lowest BCUT2D eigenvalue weighted by Crippen LogP contribution is -2.14. The number of hydrogen-bond donors (Lipinski definition) is 0. The van der Waals surface area contributed by atoms with E-state index < -0.39 is 0 Å². The number of carbonyl (C=O) groups excluding carboxylic acids is 1. The van der Waals surface area contributed by atoms with E-state index in [1.54, 1.807) is 12.1 Å². The van der Waals surface area contributed by atoms with Crippen LogP contribution >= 0.6 is 0 Å². The zero-order valence-corrected chi connectivity index (χ0v) is 22.6. The number of carbonyl (C=O) groups is 1. The van der Waals surface area contributed by atoms with Gasteiger partial charge in [0.05, 0.1) is 12.2 Å². The molecular weight excluding hydrogens is 444 g/mol. The summed E-state index contributed by atoms with van der Waals surface area (Å²) in [6, 6.07) is 15.3. The fraction of sp³-hybridized carbons (Fsp3) is 0.545. The molecule has 0 amide bonds. The van der Waals surface area contributed by atoms with Gasteiger partial charge in [0.25, 0.3) is 0 Å². The number of allylic oxidation sites excluding steroid dienone is 1. The van der Waals surface area contributed by atoms with Crippen molar-refractivity contribution in [3.05, 3.63) is 72.3 Å². The Morgan fingerprint density at radius 3 is 2.28 bits per heavy atom. The minimum Gasteiger partial charge on any atom is -0.494 e. The van der Waals surface area contributed by atoms with Crippen LogP contribution in [0.25, 0.3) is 0 Å². The van der Waals surface area contributed by atoms with Crippen molar-refractivity contribution in [2.45, 2.75) is 90.9 Å². The maximum absolute atomic E-state index is 12.6. The first-order chi connectivity index (χ1) is 17.6. The highest BCUT2D eigenvalue weighted by molar-refractivity contribution is 5.91. The van der Waals surface area contributed by atoms with Gasteiger partial charge in [-0.2, -0.15) is 0 Å². The maximum Gasteiger partial charge on any atom is 0.343 e. The molecule has 3 nitrogen and oxygen atoms in total. The Kier molecular flexibility index (Phi) is 12.1. The summed E-state index contributed by atoms with van der Waals surface area (Å²) < 4.78 is 11.4. The molecule has 2 aromatic carbocycles. The molecule has 0 radical (unpaired) electrons. The Hall–Kier alpha value is -2.55. The van der Waals surface area contributed by atoms with Crippen molar-refractivity contribution in [2.75, 3.05) is 6.61 Å². The number of aryl methyl sites for hydroxylation is 1. The minimum absolute atomic E-state index is 0.337. The Labute approximate surface area is 219 Å². The first-order valence-electron chi connectivity index (χ1n) is 14.2. The Bertz CT molecular complexity index is 892. The molecule has 0 spiro atoms. The molecule has 0 bridgehead atoms. The molecule has 0 heterocycles. The third kappa shape index (κ3) is 9.84. The molecule has 2 aromatic rings. The van der Waals surface area contributed by atoms with Gasteiger partial charge in [-0.3, -0.25) is 0 Å². The molecule has 0 N–H and O–H groups in total. The predicted molar refractivity (Wildman–Crippen MR) is 150 cm³/mol. The topological polar surface area (TPSA) is 35.5 Å². The summed E-state index contributed by atoms with van der Waals surface area (Å²) in [7, 11) is 0. The summed E-state index contributed by atoms with van der Waals surface area (Å²) in [5, 5.41) is 0. The van der Waals surface area contributed by atoms with E-state index in [2.05, 4.69) is 38.6 Å². The van der Waals surface area contributed by atoms with E-state index in [4.69, 9.17) is 9.47 Å². The lowest BCUT2D eigenvalue weighted by atomic mass is 9.78. The average molecular weight is 491 g/mol. The molecule has 36 heavy (non-hydrogen) atoms. The van der Waals surface area contributed by atoms with Crippen molar-refractivity contribution in [1.29, 1.82) is 0 Å². The molecule has 1 atom stereocenters. The van der Waals surface area contributed by atoms with Crippen LogP contribution in [0, 0.1) is 17.8 Å². The van der Waals surface area contributed by atoms with Crippen molar-refractivity contribution in [3.8, 4) is 11.5 Å². The van der Waals surface area contributed by atoms with Crippen molar-refractivity contribution in [2.24, 2.45) is 17.8 Å². The van der Waals surface area contributed by atoms with E-state index in [-0.39, 0.29) is 5.97 Å². The second-order valence-corrected chi connectivity index (χ2v) is 10.7. The van der Waals surface area contributed by atoms with Gasteiger partial charge < -0.3 is 9.47 Å². The summed E-state index contributed by atoms with van der Waals surface area (Å²) in [6.07, 6.45) is 17.0. The summed E-state index contributed by atoms with van der Waals surface area (Å²) in [5.41, 5.74) is 1.84. The monoisotopic (exact) mass is 490 g/mol. The van der Waals surface area contributed by atoms with Gasteiger partial charge in [0.1, 0.15) is 11.5 Å². The quantitative estimate of drug-likeness (QED) is 0.108. The van der Waals surface area contributed by atoms with Gasteiger partial charge in [0.2, 0.25) is 0 Å². The molecule has 1 saturated carbocycles. The van der Waals surface area contributed by atoms with Crippen molar-refractivity contribution in [1.82, 2.24) is 0 Å². The van der Waals surface area contributed by atoms with E-state index in [1.807, 2.05) is 24.3 Å². The van der Waals surface area contributed by atoms with E-state index >= 15 is 0 Å². The SMILES string of the molecule is C=CCC1CCC(CCc2ccc(OC(=O)c3ccc(OCCCCC[C@@H](C)CC)cc3)cc2)CC1. The first-order valence-corrected chi connectivity index (χ1v) is 14.2. The van der Waals surface area contributed by atoms with Crippen LogP contribution in [0.1, 0.15) is 100 Å². The van der Waals surface area contributed by atoms with E-state index in [0.717, 1.165) is 36.3 Å². The number of hydrogen-bond acceptors (Lipinski definition) is 3. The van der Waals surface area contributed by atoms with Crippen LogP contribution in [-0.2, 0) is 6.42 Å². The fourth-order valence-electron chi connectivity index (χ4n) is 5.11. The molecular formula is C33H46O3. The molecule has 3 rings (SSSR count). The molecule has 1 aliphatic rings. The molecule has 0 aliphatic heterocycles. The molecule has 0 aromatic heterocycles. The van der Waals surface area contributed by atoms with Gasteiger partial charge in [-0.1, -0.05) is 70.6 Å². The molecule has 196 valence electrons. The normalized spacial score (nSPS) is 18.4. The average Bonchev–Trinajstić information content (AvgIpc) is 2.91. The number of unbranched alkanes of at least 4 members (excludes halogenated alkanes) is 2. The van der Waals surface area contributed by atoms with Gasteiger partial charge in [0, 0.05) is 0 Å². The Morgan fingerprint density at radius 2 is 1.61 bits per heavy atom. The summed E-state index contributed by atoms with van der Waals surface area (Å²) in [5.74, 6) is 3.56. The summed E-state index contributed by atoms with van der Waals surface area (Å²) in [4.78, 5) is 12.6. The Morgan fingerprint density at radius 1 is 0.944 bits per heavy atom. The molecule has 1 aliphatic carbocycles. The third-order valence-electron chi connectivity index (χ3n) is 7.84. The van der Waals surface area contributed by atoms with Gasteiger partial charge >= 0.3 is 5.97 Å². The highest BCUT2D eigenvalue weighted by atomic mass is 16.5. The van der Waals surface area contributed by atoms with Crippen LogP contribution < -0.4 is 9.47 Å². The number of benzene rings is 2. The van der Waals surface area contributed by atoms with Crippen LogP contribution in [0.5, 0.6) is 11.5 Å². The lowest BCUT2D eigenvalue weighted by molar-refractivity contribution is 0.0734. The Balaban J connectivity index is 1.35. The maximum atomic E-state index is 12.6. The van der Waals surface area contributed by atoms with Crippen molar-refractivity contribution >= 4 is 5.97 Å². The second kappa shape index (κ2) is 15.5. The van der Waals surface area contributed by atoms with Crippen LogP contribution in [-0.4, -0.2) is 12.6 Å². The van der Waals surface area contributed by atoms with Gasteiger partial charge in [0.15, 0.2) is 0 Å². The van der Waals surface area contributed by atoms with Gasteiger partial charge in [-0.15, -0.1) is 6.58 Å². The lowest BCUT2D eigenvalue weighted by Gasteiger charge is -2.27. The van der Waals surface area contributed by atoms with Gasteiger partial charge in [-0.05, 0) is 98.2 Å². The highest BCUT2D eigenvalue weighted by Gasteiger charge is 2.20. The standard InChI is InChI=1S/C33H46O3/c1-4-9-27-11-13-28(14-12-27)15-16-29-17-21-32(22-18-29)36-33(34)30-19-23-31(24-20-30)35-25-8-6-7-10-26(3)5-2/h4,17-24,26-28H,1,5-16,25H2,2-3H3/t26-,27?,28?/m0/s1. The zero-order chi connectivity index (χ0) is 25.6. The summed E-state index contributed by atoms with van der Waals surface area (Å²) in [6.45, 7) is 9.17. The smallest absolute Gasteiger partial charge is 0.343 e. The molecule has 0 saturated heterocycles. The van der Waals surface area contributed by atoms with Crippen LogP contribution in [0.2, 0.25) is 0 Å². The largest absolute Gasteiger partial charge is 0.494 e. The number of ether oxygens (including phenoxy) is 2. The van der Waals surface area contributed by atoms with E-state index in [1.165, 1.54) is 69.8 Å². The number of esters is 1. The van der Waals surface area contributed by atoms with Crippen LogP contribution in [0.4, 0.5) is 0 Å².